The summed E-state index contributed by atoms with van der Waals surface area (Å²) in [7, 11) is 0. The van der Waals surface area contributed by atoms with Crippen molar-refractivity contribution in [3.63, 3.8) is 0 Å². The molecule has 1 aliphatic rings. The minimum absolute atomic E-state index is 0. The normalized spacial score (nSPS) is 13.3. The van der Waals surface area contributed by atoms with E-state index >= 15 is 0 Å². The summed E-state index contributed by atoms with van der Waals surface area (Å²) < 4.78 is 0. The third-order valence-electron chi connectivity index (χ3n) is 4.07. The number of fused-ring (bicyclic) bond motifs is 2. The Kier molecular flexibility index (Phi) is 3.31. The predicted molar refractivity (Wildman–Crippen MR) is 77.0 cm³/mol. The van der Waals surface area contributed by atoms with Crippen molar-refractivity contribution < 1.29 is 18.9 Å². The number of rotatable bonds is 1. The molecule has 0 heterocycles. The van der Waals surface area contributed by atoms with Crippen molar-refractivity contribution in [3.8, 4) is 11.1 Å². The van der Waals surface area contributed by atoms with Gasteiger partial charge < -0.3 is 0 Å². The number of aryl methyl sites for hydroxylation is 1. The van der Waals surface area contributed by atoms with Gasteiger partial charge in [-0.25, -0.2) is 0 Å². The van der Waals surface area contributed by atoms with Crippen LogP contribution in [0.5, 0.6) is 0 Å². The Morgan fingerprint density at radius 1 is 0.947 bits per heavy atom. The van der Waals surface area contributed by atoms with Crippen molar-refractivity contribution in [2.45, 2.75) is 19.3 Å². The van der Waals surface area contributed by atoms with E-state index in [4.69, 9.17) is 0 Å². The minimum Gasteiger partial charge on any atom is -0.168 e. The van der Waals surface area contributed by atoms with Gasteiger partial charge in [0.05, 0.1) is 0 Å². The smallest absolute Gasteiger partial charge is 0.168 e. The summed E-state index contributed by atoms with van der Waals surface area (Å²) in [5.74, 6) is 0. The maximum atomic E-state index is 2.39. The largest absolute Gasteiger partial charge is 1.00 e. The monoisotopic (exact) mass is 238 g/mol. The van der Waals surface area contributed by atoms with Gasteiger partial charge in [-0.1, -0.05) is 47.0 Å². The molecule has 0 radical (unpaired) electrons. The molecule has 3 aromatic carbocycles. The molecule has 0 N–H and O–H groups in total. The molecule has 0 aliphatic heterocycles. The Bertz CT molecular complexity index is 707. The average molecular weight is 238 g/mol. The molecule has 0 saturated carbocycles. The van der Waals surface area contributed by atoms with Gasteiger partial charge in [-0.05, 0) is 24.8 Å². The van der Waals surface area contributed by atoms with Crippen molar-refractivity contribution in [1.29, 1.82) is 0 Å². The molecule has 0 atom stereocenters. The second kappa shape index (κ2) is 4.97. The first-order valence-electron chi connectivity index (χ1n) is 6.69. The van der Waals surface area contributed by atoms with E-state index in [-0.39, 0.29) is 18.9 Å². The fourth-order valence-corrected chi connectivity index (χ4v) is 3.28. The summed E-state index contributed by atoms with van der Waals surface area (Å²) in [6.07, 6.45) is 3.79. The second-order valence-corrected chi connectivity index (χ2v) is 5.14. The molecule has 88 valence electrons. The summed E-state index contributed by atoms with van der Waals surface area (Å²) in [5, 5.41) is 2.82. The van der Waals surface area contributed by atoms with Crippen molar-refractivity contribution in [2.24, 2.45) is 0 Å². The third-order valence-corrected chi connectivity index (χ3v) is 4.07. The molecule has 0 fully saturated rings. The van der Waals surface area contributed by atoms with E-state index in [2.05, 4.69) is 54.6 Å². The molecule has 0 nitrogen and oxygen atoms in total. The van der Waals surface area contributed by atoms with Crippen LogP contribution in [0, 0.1) is 0 Å². The quantitative estimate of drug-likeness (QED) is 0.447. The second-order valence-electron chi connectivity index (χ2n) is 5.14. The van der Waals surface area contributed by atoms with Gasteiger partial charge in [-0.15, -0.1) is 22.9 Å². The van der Waals surface area contributed by atoms with Gasteiger partial charge in [0.2, 0.25) is 0 Å². The average Bonchev–Trinajstić information content (AvgIpc) is 3.04. The van der Waals surface area contributed by atoms with E-state index in [1.807, 2.05) is 0 Å². The first-order valence-corrected chi connectivity index (χ1v) is 6.69. The van der Waals surface area contributed by atoms with Gasteiger partial charge in [-0.3, -0.25) is 0 Å². The Balaban J connectivity index is 0.00000110. The summed E-state index contributed by atoms with van der Waals surface area (Å²) in [6, 6.07) is 19.9. The molecule has 3 aromatic rings. The minimum atomic E-state index is 0. The number of benzene rings is 2. The van der Waals surface area contributed by atoms with Crippen LogP contribution in [0.15, 0.2) is 54.6 Å². The van der Waals surface area contributed by atoms with Crippen LogP contribution in [0.1, 0.15) is 17.5 Å². The van der Waals surface area contributed by atoms with Crippen molar-refractivity contribution in [1.82, 2.24) is 0 Å². The van der Waals surface area contributed by atoms with Crippen LogP contribution in [-0.4, -0.2) is 0 Å². The van der Waals surface area contributed by atoms with Gasteiger partial charge in [0.25, 0.3) is 0 Å². The molecular formula is C18H15Li. The first-order chi connectivity index (χ1) is 8.93. The van der Waals surface area contributed by atoms with E-state index in [0.717, 1.165) is 0 Å². The Labute approximate surface area is 126 Å². The number of hydrogen-bond donors (Lipinski definition) is 0. The van der Waals surface area contributed by atoms with Crippen LogP contribution in [0.4, 0.5) is 0 Å². The van der Waals surface area contributed by atoms with Crippen molar-refractivity contribution in [3.05, 3.63) is 65.7 Å². The standard InChI is InChI=1S/C18H15.Li/c1-2-6-13(7-3-1)18-16-10-4-8-14(16)12-15-9-5-11-17(15)18;/h1-4,6-8,10,12H,5,9,11H2;/q-1;+1. The van der Waals surface area contributed by atoms with Crippen LogP contribution in [-0.2, 0) is 12.8 Å². The molecule has 1 aliphatic carbocycles. The fourth-order valence-electron chi connectivity index (χ4n) is 3.28. The van der Waals surface area contributed by atoms with Crippen molar-refractivity contribution >= 4 is 10.8 Å². The van der Waals surface area contributed by atoms with Crippen LogP contribution < -0.4 is 18.9 Å². The van der Waals surface area contributed by atoms with Gasteiger partial charge in [0.15, 0.2) is 0 Å². The molecule has 0 bridgehead atoms. The zero-order valence-corrected chi connectivity index (χ0v) is 11.3. The molecule has 0 amide bonds. The van der Waals surface area contributed by atoms with E-state index in [0.29, 0.717) is 0 Å². The van der Waals surface area contributed by atoms with E-state index in [1.54, 1.807) is 11.1 Å². The van der Waals surface area contributed by atoms with E-state index < -0.39 is 0 Å². The van der Waals surface area contributed by atoms with Gasteiger partial charge in [0, 0.05) is 0 Å². The Hall–Kier alpha value is -1.35. The van der Waals surface area contributed by atoms with E-state index in [9.17, 15) is 0 Å². The van der Waals surface area contributed by atoms with Crippen molar-refractivity contribution in [2.75, 3.05) is 0 Å². The summed E-state index contributed by atoms with van der Waals surface area (Å²) in [6.45, 7) is 0. The molecule has 4 rings (SSSR count). The maximum absolute atomic E-state index is 2.39. The van der Waals surface area contributed by atoms with Crippen LogP contribution in [0.3, 0.4) is 0 Å². The molecular weight excluding hydrogens is 223 g/mol. The van der Waals surface area contributed by atoms with Gasteiger partial charge in [0.1, 0.15) is 0 Å². The zero-order chi connectivity index (χ0) is 11.9. The third kappa shape index (κ3) is 1.96. The Morgan fingerprint density at radius 2 is 1.79 bits per heavy atom. The summed E-state index contributed by atoms with van der Waals surface area (Å²) >= 11 is 0. The van der Waals surface area contributed by atoms with Gasteiger partial charge in [-0.2, -0.15) is 12.1 Å². The molecule has 0 aromatic heterocycles. The molecule has 0 saturated heterocycles. The molecule has 0 spiro atoms. The molecule has 0 unspecified atom stereocenters. The summed E-state index contributed by atoms with van der Waals surface area (Å²) in [5.41, 5.74) is 5.99. The fraction of sp³-hybridized carbons (Fsp3) is 0.167. The zero-order valence-electron chi connectivity index (χ0n) is 11.3. The predicted octanol–water partition coefficient (Wildman–Crippen LogP) is 1.72. The van der Waals surface area contributed by atoms with Gasteiger partial charge >= 0.3 is 18.9 Å². The SMILES string of the molecule is [Li+].c1ccc(-c2c3c(cc4[cH-]ccc24)CCC3)cc1. The van der Waals surface area contributed by atoms with Crippen LogP contribution in [0.2, 0.25) is 0 Å². The van der Waals surface area contributed by atoms with Crippen LogP contribution in [0.25, 0.3) is 21.9 Å². The molecule has 1 heteroatoms. The Morgan fingerprint density at radius 3 is 2.63 bits per heavy atom. The first kappa shape index (κ1) is 12.7. The van der Waals surface area contributed by atoms with E-state index in [1.165, 1.54) is 41.2 Å². The number of hydrogen-bond acceptors (Lipinski definition) is 0. The summed E-state index contributed by atoms with van der Waals surface area (Å²) in [4.78, 5) is 0. The topological polar surface area (TPSA) is 0 Å². The van der Waals surface area contributed by atoms with Crippen LogP contribution >= 0.6 is 0 Å². The molecule has 19 heavy (non-hydrogen) atoms. The maximum Gasteiger partial charge on any atom is 1.00 e.